The molecule has 0 heterocycles. The van der Waals surface area contributed by atoms with Gasteiger partial charge in [-0.15, -0.1) is 0 Å². The van der Waals surface area contributed by atoms with Crippen molar-refractivity contribution < 1.29 is 4.79 Å². The molecule has 3 heteroatoms. The van der Waals surface area contributed by atoms with Crippen molar-refractivity contribution in [1.29, 1.82) is 0 Å². The quantitative estimate of drug-likeness (QED) is 0.248. The van der Waals surface area contributed by atoms with Crippen molar-refractivity contribution in [3.05, 3.63) is 107 Å². The molecule has 1 aliphatic carbocycles. The van der Waals surface area contributed by atoms with Crippen LogP contribution in [0.15, 0.2) is 78.9 Å². The van der Waals surface area contributed by atoms with E-state index in [9.17, 15) is 4.79 Å². The molecule has 3 aromatic rings. The molecule has 3 aromatic carbocycles. The summed E-state index contributed by atoms with van der Waals surface area (Å²) in [6.45, 7) is 17.4. The van der Waals surface area contributed by atoms with Gasteiger partial charge in [-0.3, -0.25) is 4.79 Å². The van der Waals surface area contributed by atoms with Gasteiger partial charge < -0.3 is 11.1 Å². The zero-order chi connectivity index (χ0) is 29.7. The predicted octanol–water partition coefficient (Wildman–Crippen LogP) is 9.18. The first-order valence-corrected chi connectivity index (χ1v) is 15.2. The standard InChI is InChI=1S/C38H48N2O/c1-24(2)26(4)38-22-32(28(6)40-34-12-10-11-33(39)23-34)19-20-35(38)27(5)25(3)21-30-15-17-31(18-16-30)37-14-9-8-13-36(37)29(7)41/h8-9,13-20,22,25,27,33-34,40H,6,10-12,21,23,39H2,1-5,7H3. The first kappa shape index (κ1) is 30.5. The van der Waals surface area contributed by atoms with Crippen LogP contribution in [-0.4, -0.2) is 17.9 Å². The lowest BCUT2D eigenvalue weighted by Crippen LogP contribution is -2.38. The number of carbonyl (C=O) groups excluding carboxylic acids is 1. The largest absolute Gasteiger partial charge is 0.382 e. The Morgan fingerprint density at radius 2 is 1.66 bits per heavy atom. The molecule has 0 aliphatic heterocycles. The molecule has 216 valence electrons. The molecule has 0 radical (unpaired) electrons. The number of hydrogen-bond donors (Lipinski definition) is 2. The number of nitrogens with one attached hydrogen (secondary N) is 1. The maximum Gasteiger partial charge on any atom is 0.160 e. The van der Waals surface area contributed by atoms with Gasteiger partial charge in [-0.1, -0.05) is 86.7 Å². The number of allylic oxidation sites excluding steroid dienone is 2. The van der Waals surface area contributed by atoms with Gasteiger partial charge in [-0.05, 0) is 117 Å². The highest BCUT2D eigenvalue weighted by atomic mass is 16.1. The van der Waals surface area contributed by atoms with Gasteiger partial charge in [0.1, 0.15) is 0 Å². The van der Waals surface area contributed by atoms with E-state index in [1.165, 1.54) is 34.3 Å². The summed E-state index contributed by atoms with van der Waals surface area (Å²) in [6.07, 6.45) is 5.45. The van der Waals surface area contributed by atoms with Gasteiger partial charge in [0.25, 0.3) is 0 Å². The Kier molecular flexibility index (Phi) is 10.0. The van der Waals surface area contributed by atoms with Gasteiger partial charge in [0.15, 0.2) is 5.78 Å². The molecule has 0 amide bonds. The molecule has 1 aliphatic rings. The summed E-state index contributed by atoms with van der Waals surface area (Å²) in [6, 6.07) is 24.2. The molecule has 4 atom stereocenters. The van der Waals surface area contributed by atoms with Gasteiger partial charge in [0, 0.05) is 23.3 Å². The Morgan fingerprint density at radius 1 is 0.951 bits per heavy atom. The second-order valence-electron chi connectivity index (χ2n) is 12.4. The van der Waals surface area contributed by atoms with Gasteiger partial charge in [-0.2, -0.15) is 0 Å². The van der Waals surface area contributed by atoms with Crippen molar-refractivity contribution in [2.24, 2.45) is 11.7 Å². The van der Waals surface area contributed by atoms with E-state index in [2.05, 4.69) is 89.0 Å². The Morgan fingerprint density at radius 3 is 2.32 bits per heavy atom. The topological polar surface area (TPSA) is 55.1 Å². The summed E-state index contributed by atoms with van der Waals surface area (Å²) in [4.78, 5) is 12.1. The van der Waals surface area contributed by atoms with Crippen LogP contribution < -0.4 is 11.1 Å². The van der Waals surface area contributed by atoms with Crippen molar-refractivity contribution in [3.63, 3.8) is 0 Å². The highest BCUT2D eigenvalue weighted by molar-refractivity contribution is 6.00. The van der Waals surface area contributed by atoms with Crippen LogP contribution in [-0.2, 0) is 6.42 Å². The average molecular weight is 549 g/mol. The molecule has 4 rings (SSSR count). The summed E-state index contributed by atoms with van der Waals surface area (Å²) in [5, 5.41) is 3.68. The van der Waals surface area contributed by atoms with Crippen molar-refractivity contribution in [3.8, 4) is 11.1 Å². The zero-order valence-corrected chi connectivity index (χ0v) is 25.9. The summed E-state index contributed by atoms with van der Waals surface area (Å²) < 4.78 is 0. The minimum Gasteiger partial charge on any atom is -0.382 e. The van der Waals surface area contributed by atoms with Gasteiger partial charge in [0.2, 0.25) is 0 Å². The molecule has 0 bridgehead atoms. The maximum atomic E-state index is 12.1. The van der Waals surface area contributed by atoms with Crippen molar-refractivity contribution in [2.45, 2.75) is 91.6 Å². The van der Waals surface area contributed by atoms with Crippen molar-refractivity contribution >= 4 is 17.1 Å². The van der Waals surface area contributed by atoms with Crippen LogP contribution in [0, 0.1) is 5.92 Å². The Labute approximate surface area is 248 Å². The molecule has 41 heavy (non-hydrogen) atoms. The number of hydrogen-bond acceptors (Lipinski definition) is 3. The van der Waals surface area contributed by atoms with Crippen LogP contribution in [0.25, 0.3) is 22.4 Å². The molecular weight excluding hydrogens is 500 g/mol. The molecule has 0 saturated heterocycles. The fourth-order valence-electron chi connectivity index (χ4n) is 6.14. The van der Waals surface area contributed by atoms with Crippen LogP contribution in [0.1, 0.15) is 106 Å². The maximum absolute atomic E-state index is 12.1. The third-order valence-corrected chi connectivity index (χ3v) is 9.12. The molecule has 1 saturated carbocycles. The minimum atomic E-state index is 0.0955. The van der Waals surface area contributed by atoms with Crippen LogP contribution in [0.3, 0.4) is 0 Å². The first-order valence-electron chi connectivity index (χ1n) is 15.2. The van der Waals surface area contributed by atoms with E-state index >= 15 is 0 Å². The van der Waals surface area contributed by atoms with E-state index in [1.807, 2.05) is 24.3 Å². The number of Topliss-reactive ketones (excluding diaryl/α,β-unsaturated/α-hetero) is 1. The monoisotopic (exact) mass is 548 g/mol. The fraction of sp³-hybridized carbons (Fsp3) is 0.395. The number of rotatable bonds is 10. The zero-order valence-electron chi connectivity index (χ0n) is 25.9. The van der Waals surface area contributed by atoms with Gasteiger partial charge >= 0.3 is 0 Å². The van der Waals surface area contributed by atoms with Crippen molar-refractivity contribution in [1.82, 2.24) is 5.32 Å². The number of benzene rings is 3. The SMILES string of the molecule is C=C(NC1CCCC(N)C1)c1ccc(C(C)C(C)Cc2ccc(-c3ccccc3C(C)=O)cc2)c(C(C)=C(C)C)c1. The van der Waals surface area contributed by atoms with Crippen LogP contribution >= 0.6 is 0 Å². The molecule has 3 N–H and O–H groups in total. The highest BCUT2D eigenvalue weighted by Crippen LogP contribution is 2.35. The lowest BCUT2D eigenvalue weighted by Gasteiger charge is -2.29. The van der Waals surface area contributed by atoms with E-state index in [1.54, 1.807) is 6.92 Å². The fourth-order valence-corrected chi connectivity index (χ4v) is 6.14. The van der Waals surface area contributed by atoms with Crippen LogP contribution in [0.4, 0.5) is 0 Å². The molecular formula is C38H48N2O. The Hall–Kier alpha value is -3.43. The summed E-state index contributed by atoms with van der Waals surface area (Å²) in [5.41, 5.74) is 17.9. The second-order valence-corrected chi connectivity index (χ2v) is 12.4. The summed E-state index contributed by atoms with van der Waals surface area (Å²) in [5.74, 6) is 0.923. The third kappa shape index (κ3) is 7.45. The average Bonchev–Trinajstić information content (AvgIpc) is 2.96. The number of ketones is 1. The van der Waals surface area contributed by atoms with E-state index in [-0.39, 0.29) is 11.8 Å². The summed E-state index contributed by atoms with van der Waals surface area (Å²) >= 11 is 0. The third-order valence-electron chi connectivity index (χ3n) is 9.12. The normalized spacial score (nSPS) is 18.3. The van der Waals surface area contributed by atoms with Gasteiger partial charge in [-0.25, -0.2) is 0 Å². The minimum absolute atomic E-state index is 0.0955. The second kappa shape index (κ2) is 13.5. The van der Waals surface area contributed by atoms with Crippen LogP contribution in [0.2, 0.25) is 0 Å². The lowest BCUT2D eigenvalue weighted by atomic mass is 9.80. The van der Waals surface area contributed by atoms with E-state index in [0.717, 1.165) is 53.6 Å². The number of carbonyl (C=O) groups is 1. The lowest BCUT2D eigenvalue weighted by molar-refractivity contribution is 0.101. The molecule has 0 aromatic heterocycles. The highest BCUT2D eigenvalue weighted by Gasteiger charge is 2.22. The van der Waals surface area contributed by atoms with Crippen LogP contribution in [0.5, 0.6) is 0 Å². The van der Waals surface area contributed by atoms with E-state index < -0.39 is 0 Å². The smallest absolute Gasteiger partial charge is 0.160 e. The van der Waals surface area contributed by atoms with E-state index in [0.29, 0.717) is 17.9 Å². The molecule has 1 fully saturated rings. The summed E-state index contributed by atoms with van der Waals surface area (Å²) in [7, 11) is 0. The van der Waals surface area contributed by atoms with Gasteiger partial charge in [0.05, 0.1) is 0 Å². The molecule has 3 nitrogen and oxygen atoms in total. The molecule has 0 spiro atoms. The van der Waals surface area contributed by atoms with E-state index in [4.69, 9.17) is 5.73 Å². The molecule has 4 unspecified atom stereocenters. The first-order chi connectivity index (χ1) is 19.5. The Balaban J connectivity index is 1.53. The number of nitrogens with two attached hydrogens (primary N) is 1. The predicted molar refractivity (Wildman–Crippen MR) is 176 cm³/mol. The van der Waals surface area contributed by atoms with Crippen molar-refractivity contribution in [2.75, 3.05) is 0 Å². The Bertz CT molecular complexity index is 1410.